The fourth-order valence-electron chi connectivity index (χ4n) is 3.58. The highest BCUT2D eigenvalue weighted by molar-refractivity contribution is 7.90. The summed E-state index contributed by atoms with van der Waals surface area (Å²) in [7, 11) is -0.613. The molecule has 184 valence electrons. The molecule has 0 aliphatic carbocycles. The Morgan fingerprint density at radius 3 is 2.65 bits per heavy atom. The van der Waals surface area contributed by atoms with Crippen LogP contribution in [0.4, 0.5) is 0 Å². The third-order valence-electron chi connectivity index (χ3n) is 5.16. The quantitative estimate of drug-likeness (QED) is 0.371. The average molecular weight is 506 g/mol. The first-order valence-electron chi connectivity index (χ1n) is 11.0. The van der Waals surface area contributed by atoms with Crippen LogP contribution in [0.15, 0.2) is 53.1 Å². The summed E-state index contributed by atoms with van der Waals surface area (Å²) in [5.74, 6) is 0.462. The molecule has 0 saturated carbocycles. The number of amides is 1. The molecule has 0 N–H and O–H groups in total. The summed E-state index contributed by atoms with van der Waals surface area (Å²) >= 11 is 1.37. The summed E-state index contributed by atoms with van der Waals surface area (Å²) in [5.41, 5.74) is 1.29. The monoisotopic (exact) mass is 505 g/mol. The van der Waals surface area contributed by atoms with Crippen LogP contribution in [0, 0.1) is 5.92 Å². The maximum Gasteiger partial charge on any atom is 0.264 e. The van der Waals surface area contributed by atoms with Gasteiger partial charge in [0, 0.05) is 20.2 Å². The number of carbonyl (C=O) groups is 1. The second kappa shape index (κ2) is 11.6. The fourth-order valence-corrected chi connectivity index (χ4v) is 5.76. The van der Waals surface area contributed by atoms with Gasteiger partial charge in [-0.15, -0.1) is 11.3 Å². The molecule has 0 saturated heterocycles. The lowest BCUT2D eigenvalue weighted by atomic mass is 10.2. The lowest BCUT2D eigenvalue weighted by Crippen LogP contribution is -2.34. The van der Waals surface area contributed by atoms with E-state index < -0.39 is 9.84 Å². The second-order valence-corrected chi connectivity index (χ2v) is 11.2. The van der Waals surface area contributed by atoms with E-state index in [2.05, 4.69) is 4.98 Å². The predicted molar refractivity (Wildman–Crippen MR) is 132 cm³/mol. The molecule has 0 radical (unpaired) electrons. The smallest absolute Gasteiger partial charge is 0.264 e. The molecule has 0 atom stereocenters. The second-order valence-electron chi connectivity index (χ2n) is 8.34. The Bertz CT molecular complexity index is 1190. The number of methoxy groups -OCH3 is 2. The van der Waals surface area contributed by atoms with Crippen molar-refractivity contribution in [1.29, 1.82) is 0 Å². The highest BCUT2D eigenvalue weighted by atomic mass is 32.2. The van der Waals surface area contributed by atoms with E-state index in [1.807, 2.05) is 25.3 Å². The lowest BCUT2D eigenvalue weighted by Gasteiger charge is -2.23. The van der Waals surface area contributed by atoms with E-state index in [0.29, 0.717) is 41.6 Å². The van der Waals surface area contributed by atoms with Crippen LogP contribution in [-0.4, -0.2) is 56.1 Å². The van der Waals surface area contributed by atoms with Crippen LogP contribution in [0.25, 0.3) is 0 Å². The van der Waals surface area contributed by atoms with E-state index >= 15 is 0 Å². The number of hydrogen-bond acceptors (Lipinski definition) is 7. The van der Waals surface area contributed by atoms with Gasteiger partial charge in [-0.2, -0.15) is 0 Å². The first-order valence-corrected chi connectivity index (χ1v) is 13.5. The molecule has 0 aliphatic rings. The van der Waals surface area contributed by atoms with Gasteiger partial charge in [0.2, 0.25) is 15.0 Å². The highest BCUT2D eigenvalue weighted by Gasteiger charge is 2.26. The SMILES string of the molecule is COCCN(Cc1cnc(S(=O)(=O)Cc2cccc(OC)c2)n1CC(C)C)C(=O)c1cccs1. The summed E-state index contributed by atoms with van der Waals surface area (Å²) in [6.45, 7) is 5.48. The zero-order valence-electron chi connectivity index (χ0n) is 19.9. The molecule has 3 rings (SSSR count). The predicted octanol–water partition coefficient (Wildman–Crippen LogP) is 3.87. The summed E-state index contributed by atoms with van der Waals surface area (Å²) < 4.78 is 38.9. The van der Waals surface area contributed by atoms with Gasteiger partial charge in [0.05, 0.1) is 42.8 Å². The summed E-state index contributed by atoms with van der Waals surface area (Å²) in [5, 5.41) is 1.86. The van der Waals surface area contributed by atoms with E-state index in [1.165, 1.54) is 11.3 Å². The van der Waals surface area contributed by atoms with E-state index in [1.54, 1.807) is 60.2 Å². The van der Waals surface area contributed by atoms with E-state index in [0.717, 1.165) is 0 Å². The van der Waals surface area contributed by atoms with Gasteiger partial charge in [-0.1, -0.05) is 32.0 Å². The molecule has 8 nitrogen and oxygen atoms in total. The van der Waals surface area contributed by atoms with Gasteiger partial charge in [0.15, 0.2) is 0 Å². The highest BCUT2D eigenvalue weighted by Crippen LogP contribution is 2.23. The topological polar surface area (TPSA) is 90.7 Å². The first-order chi connectivity index (χ1) is 16.2. The van der Waals surface area contributed by atoms with Gasteiger partial charge in [-0.3, -0.25) is 4.79 Å². The molecule has 34 heavy (non-hydrogen) atoms. The van der Waals surface area contributed by atoms with Crippen LogP contribution in [0.1, 0.15) is 34.8 Å². The molecule has 0 bridgehead atoms. The molecule has 2 aromatic heterocycles. The third-order valence-corrected chi connectivity index (χ3v) is 7.61. The van der Waals surface area contributed by atoms with Crippen molar-refractivity contribution in [2.24, 2.45) is 5.92 Å². The van der Waals surface area contributed by atoms with Crippen molar-refractivity contribution in [1.82, 2.24) is 14.5 Å². The Kier molecular flexibility index (Phi) is 8.87. The van der Waals surface area contributed by atoms with Crippen molar-refractivity contribution < 1.29 is 22.7 Å². The summed E-state index contributed by atoms with van der Waals surface area (Å²) in [6, 6.07) is 10.6. The minimum atomic E-state index is -3.74. The number of imidazole rings is 1. The molecule has 0 aliphatic heterocycles. The molecule has 1 aromatic carbocycles. The lowest BCUT2D eigenvalue weighted by molar-refractivity contribution is 0.0680. The molecule has 10 heteroatoms. The van der Waals surface area contributed by atoms with Crippen molar-refractivity contribution in [3.05, 3.63) is 64.1 Å². The molecule has 3 aromatic rings. The maximum absolute atomic E-state index is 13.4. The molecular formula is C24H31N3O5S2. The molecule has 0 fully saturated rings. The third kappa shape index (κ3) is 6.46. The zero-order chi connectivity index (χ0) is 24.7. The van der Waals surface area contributed by atoms with Crippen molar-refractivity contribution in [2.45, 2.75) is 37.8 Å². The van der Waals surface area contributed by atoms with Crippen molar-refractivity contribution >= 4 is 27.1 Å². The average Bonchev–Trinajstić information content (AvgIpc) is 3.46. The zero-order valence-corrected chi connectivity index (χ0v) is 21.6. The van der Waals surface area contributed by atoms with Crippen LogP contribution in [-0.2, 0) is 33.4 Å². The maximum atomic E-state index is 13.4. The Balaban J connectivity index is 1.93. The Morgan fingerprint density at radius 1 is 1.21 bits per heavy atom. The largest absolute Gasteiger partial charge is 0.497 e. The number of sulfone groups is 1. The number of rotatable bonds is 12. The summed E-state index contributed by atoms with van der Waals surface area (Å²) in [4.78, 5) is 19.7. The first kappa shape index (κ1) is 25.9. The van der Waals surface area contributed by atoms with Gasteiger partial charge in [0.25, 0.3) is 5.91 Å². The number of carbonyl (C=O) groups excluding carboxylic acids is 1. The van der Waals surface area contributed by atoms with E-state index in [4.69, 9.17) is 9.47 Å². The minimum absolute atomic E-state index is 0.00860. The Labute approximate surface area is 205 Å². The molecule has 1 amide bonds. The Hall–Kier alpha value is -2.69. The molecule has 0 unspecified atom stereocenters. The van der Waals surface area contributed by atoms with Crippen molar-refractivity contribution in [3.63, 3.8) is 0 Å². The van der Waals surface area contributed by atoms with Gasteiger partial charge in [0.1, 0.15) is 5.75 Å². The number of benzene rings is 1. The number of ether oxygens (including phenoxy) is 2. The summed E-state index contributed by atoms with van der Waals surface area (Å²) in [6.07, 6.45) is 1.56. The van der Waals surface area contributed by atoms with Crippen LogP contribution in [0.2, 0.25) is 0 Å². The van der Waals surface area contributed by atoms with Crippen LogP contribution in [0.3, 0.4) is 0 Å². The number of aromatic nitrogens is 2. The van der Waals surface area contributed by atoms with Crippen molar-refractivity contribution in [3.8, 4) is 5.75 Å². The fraction of sp³-hybridized carbons (Fsp3) is 0.417. The van der Waals surface area contributed by atoms with Crippen LogP contribution in [0.5, 0.6) is 5.75 Å². The number of nitrogens with zero attached hydrogens (tertiary/aromatic N) is 3. The van der Waals surface area contributed by atoms with Crippen molar-refractivity contribution in [2.75, 3.05) is 27.4 Å². The molecule has 0 spiro atoms. The standard InChI is InChI=1S/C24H31N3O5S2/c1-18(2)15-27-20(16-26(10-11-31-3)23(28)22-9-6-12-33-22)14-25-24(27)34(29,30)17-19-7-5-8-21(13-19)32-4/h5-9,12-14,18H,10-11,15-17H2,1-4H3. The van der Waals surface area contributed by atoms with Gasteiger partial charge >= 0.3 is 0 Å². The number of hydrogen-bond donors (Lipinski definition) is 0. The normalized spacial score (nSPS) is 11.7. The van der Waals surface area contributed by atoms with Gasteiger partial charge in [-0.05, 0) is 35.1 Å². The number of thiophene rings is 1. The van der Waals surface area contributed by atoms with E-state index in [9.17, 15) is 13.2 Å². The van der Waals surface area contributed by atoms with Crippen LogP contribution >= 0.6 is 11.3 Å². The minimum Gasteiger partial charge on any atom is -0.497 e. The van der Waals surface area contributed by atoms with Gasteiger partial charge < -0.3 is 18.9 Å². The molecular weight excluding hydrogens is 474 g/mol. The van der Waals surface area contributed by atoms with Crippen LogP contribution < -0.4 is 4.74 Å². The Morgan fingerprint density at radius 2 is 2.00 bits per heavy atom. The van der Waals surface area contributed by atoms with E-state index in [-0.39, 0.29) is 29.3 Å². The van der Waals surface area contributed by atoms with Gasteiger partial charge in [-0.25, -0.2) is 13.4 Å². The molecule has 2 heterocycles.